The summed E-state index contributed by atoms with van der Waals surface area (Å²) in [6.07, 6.45) is -0.0523. The number of hydrogen-bond donors (Lipinski definition) is 1. The van der Waals surface area contributed by atoms with Crippen molar-refractivity contribution in [1.82, 2.24) is 4.31 Å². The first kappa shape index (κ1) is 12.6. The van der Waals surface area contributed by atoms with Crippen molar-refractivity contribution in [2.75, 3.05) is 0 Å². The Labute approximate surface area is 104 Å². The summed E-state index contributed by atoms with van der Waals surface area (Å²) < 4.78 is 24.9. The molecule has 1 aliphatic rings. The van der Waals surface area contributed by atoms with Crippen LogP contribution in [0.25, 0.3) is 0 Å². The predicted molar refractivity (Wildman–Crippen MR) is 61.1 cm³/mol. The van der Waals surface area contributed by atoms with Crippen LogP contribution in [0.5, 0.6) is 0 Å². The molecule has 1 fully saturated rings. The number of carbonyl (C=O) groups is 2. The monoisotopic (exact) mass is 269 g/mol. The fraction of sp³-hybridized carbons (Fsp3) is 0.273. The van der Waals surface area contributed by atoms with E-state index < -0.39 is 27.9 Å². The third-order valence-corrected chi connectivity index (χ3v) is 4.59. The molecule has 1 heterocycles. The lowest BCUT2D eigenvalue weighted by Gasteiger charge is -2.21. The number of rotatable bonds is 3. The molecule has 1 aliphatic heterocycles. The molecule has 1 aromatic rings. The third kappa shape index (κ3) is 1.97. The molecule has 1 aromatic carbocycles. The van der Waals surface area contributed by atoms with E-state index in [2.05, 4.69) is 0 Å². The number of benzene rings is 1. The molecule has 0 radical (unpaired) electrons. The number of hydrogen-bond acceptors (Lipinski definition) is 4. The highest BCUT2D eigenvalue weighted by Gasteiger charge is 2.44. The van der Waals surface area contributed by atoms with Gasteiger partial charge in [-0.3, -0.25) is 4.79 Å². The summed E-state index contributed by atoms with van der Waals surface area (Å²) >= 11 is 0. The van der Waals surface area contributed by atoms with Gasteiger partial charge in [0, 0.05) is 6.42 Å². The Balaban J connectivity index is 2.46. The first-order valence-electron chi connectivity index (χ1n) is 5.29. The van der Waals surface area contributed by atoms with Crippen molar-refractivity contribution in [1.29, 1.82) is 0 Å². The lowest BCUT2D eigenvalue weighted by Crippen LogP contribution is -2.42. The second-order valence-electron chi connectivity index (χ2n) is 3.90. The summed E-state index contributed by atoms with van der Waals surface area (Å²) in [4.78, 5) is 22.5. The molecule has 96 valence electrons. The average molecular weight is 269 g/mol. The molecule has 18 heavy (non-hydrogen) atoms. The van der Waals surface area contributed by atoms with E-state index in [-0.39, 0.29) is 17.7 Å². The number of carbonyl (C=O) groups excluding carboxylic acids is 1. The second-order valence-corrected chi connectivity index (χ2v) is 5.72. The molecule has 1 amide bonds. The highest BCUT2D eigenvalue weighted by Crippen LogP contribution is 2.27. The number of carboxylic acids is 1. The Hall–Kier alpha value is -1.89. The van der Waals surface area contributed by atoms with Crippen molar-refractivity contribution < 1.29 is 23.1 Å². The number of carboxylic acid groups (broad SMARTS) is 1. The predicted octanol–water partition coefficient (Wildman–Crippen LogP) is 0.451. The van der Waals surface area contributed by atoms with Gasteiger partial charge in [0.1, 0.15) is 6.04 Å². The van der Waals surface area contributed by atoms with Gasteiger partial charge in [0.25, 0.3) is 10.0 Å². The fourth-order valence-electron chi connectivity index (χ4n) is 1.89. The maximum absolute atomic E-state index is 12.2. The molecular weight excluding hydrogens is 258 g/mol. The van der Waals surface area contributed by atoms with Crippen LogP contribution >= 0.6 is 0 Å². The van der Waals surface area contributed by atoms with Crippen LogP contribution < -0.4 is 0 Å². The summed E-state index contributed by atoms with van der Waals surface area (Å²) in [6, 6.07) is 6.04. The van der Waals surface area contributed by atoms with Crippen LogP contribution in [0.3, 0.4) is 0 Å². The largest absolute Gasteiger partial charge is 0.480 e. The Morgan fingerprint density at radius 2 is 1.89 bits per heavy atom. The third-order valence-electron chi connectivity index (χ3n) is 2.75. The zero-order chi connectivity index (χ0) is 13.3. The van der Waals surface area contributed by atoms with Crippen LogP contribution in [0.4, 0.5) is 0 Å². The molecule has 0 bridgehead atoms. The van der Waals surface area contributed by atoms with Crippen molar-refractivity contribution >= 4 is 21.9 Å². The highest BCUT2D eigenvalue weighted by molar-refractivity contribution is 7.89. The maximum Gasteiger partial charge on any atom is 0.327 e. The molecular formula is C11H11NO5S. The van der Waals surface area contributed by atoms with Crippen LogP contribution in [-0.4, -0.2) is 35.7 Å². The van der Waals surface area contributed by atoms with Crippen molar-refractivity contribution in [2.45, 2.75) is 23.8 Å². The molecule has 1 atom stereocenters. The quantitative estimate of drug-likeness (QED) is 0.860. The van der Waals surface area contributed by atoms with Crippen LogP contribution in [0, 0.1) is 0 Å². The lowest BCUT2D eigenvalue weighted by atomic mass is 10.2. The van der Waals surface area contributed by atoms with Crippen molar-refractivity contribution in [2.24, 2.45) is 0 Å². The smallest absolute Gasteiger partial charge is 0.327 e. The van der Waals surface area contributed by atoms with Crippen LogP contribution in [0.2, 0.25) is 0 Å². The van der Waals surface area contributed by atoms with Gasteiger partial charge in [0.2, 0.25) is 5.91 Å². The van der Waals surface area contributed by atoms with E-state index in [0.717, 1.165) is 0 Å². The summed E-state index contributed by atoms with van der Waals surface area (Å²) in [5.41, 5.74) is 0. The average Bonchev–Trinajstić information content (AvgIpc) is 2.73. The van der Waals surface area contributed by atoms with E-state index in [9.17, 15) is 18.0 Å². The van der Waals surface area contributed by atoms with Gasteiger partial charge < -0.3 is 5.11 Å². The Bertz CT molecular complexity index is 581. The summed E-state index contributed by atoms with van der Waals surface area (Å²) in [5.74, 6) is -1.98. The van der Waals surface area contributed by atoms with Crippen LogP contribution in [-0.2, 0) is 19.6 Å². The van der Waals surface area contributed by atoms with Crippen LogP contribution in [0.1, 0.15) is 12.8 Å². The minimum absolute atomic E-state index is 0.0141. The molecule has 0 aromatic heterocycles. The van der Waals surface area contributed by atoms with Gasteiger partial charge >= 0.3 is 5.97 Å². The highest BCUT2D eigenvalue weighted by atomic mass is 32.2. The summed E-state index contributed by atoms with van der Waals surface area (Å²) in [5, 5.41) is 8.95. The van der Waals surface area contributed by atoms with Gasteiger partial charge in [0.05, 0.1) is 4.90 Å². The molecule has 6 nitrogen and oxygen atoms in total. The molecule has 1 N–H and O–H groups in total. The minimum Gasteiger partial charge on any atom is -0.480 e. The molecule has 0 saturated carbocycles. The standard InChI is InChI=1S/C11H11NO5S/c13-10-7-6-9(11(14)15)12(10)18(16,17)8-4-2-1-3-5-8/h1-5,9H,6-7H2,(H,14,15). The van der Waals surface area contributed by atoms with Gasteiger partial charge in [-0.05, 0) is 18.6 Å². The van der Waals surface area contributed by atoms with Crippen molar-refractivity contribution in [3.8, 4) is 0 Å². The van der Waals surface area contributed by atoms with Crippen molar-refractivity contribution in [3.05, 3.63) is 30.3 Å². The Kier molecular flexibility index (Phi) is 3.08. The van der Waals surface area contributed by atoms with E-state index in [4.69, 9.17) is 5.11 Å². The van der Waals surface area contributed by atoms with Gasteiger partial charge in [-0.1, -0.05) is 18.2 Å². The lowest BCUT2D eigenvalue weighted by molar-refractivity contribution is -0.143. The minimum atomic E-state index is -4.08. The van der Waals surface area contributed by atoms with Gasteiger partial charge in [-0.2, -0.15) is 0 Å². The molecule has 0 spiro atoms. The number of nitrogens with zero attached hydrogens (tertiary/aromatic N) is 1. The molecule has 1 saturated heterocycles. The normalized spacial score (nSPS) is 20.1. The number of amides is 1. The molecule has 1 unspecified atom stereocenters. The van der Waals surface area contributed by atoms with E-state index in [0.29, 0.717) is 4.31 Å². The van der Waals surface area contributed by atoms with E-state index in [1.807, 2.05) is 0 Å². The SMILES string of the molecule is O=C(O)C1CCC(=O)N1S(=O)(=O)c1ccccc1. The van der Waals surface area contributed by atoms with E-state index >= 15 is 0 Å². The first-order valence-corrected chi connectivity index (χ1v) is 6.73. The fourth-order valence-corrected chi connectivity index (χ4v) is 3.51. The molecule has 7 heteroatoms. The van der Waals surface area contributed by atoms with E-state index in [1.54, 1.807) is 6.07 Å². The Morgan fingerprint density at radius 1 is 1.28 bits per heavy atom. The molecule has 0 aliphatic carbocycles. The Morgan fingerprint density at radius 3 is 2.44 bits per heavy atom. The zero-order valence-corrected chi connectivity index (χ0v) is 10.1. The van der Waals surface area contributed by atoms with Gasteiger partial charge in [0.15, 0.2) is 0 Å². The number of aliphatic carboxylic acids is 1. The van der Waals surface area contributed by atoms with Gasteiger partial charge in [-0.25, -0.2) is 17.5 Å². The second kappa shape index (κ2) is 4.41. The van der Waals surface area contributed by atoms with E-state index in [1.165, 1.54) is 24.3 Å². The summed E-state index contributed by atoms with van der Waals surface area (Å²) in [7, 11) is -4.08. The summed E-state index contributed by atoms with van der Waals surface area (Å²) in [6.45, 7) is 0. The van der Waals surface area contributed by atoms with Crippen LogP contribution in [0.15, 0.2) is 35.2 Å². The topological polar surface area (TPSA) is 91.8 Å². The molecule has 2 rings (SSSR count). The zero-order valence-electron chi connectivity index (χ0n) is 9.31. The maximum atomic E-state index is 12.2. The first-order chi connectivity index (χ1) is 8.44. The number of sulfonamides is 1. The van der Waals surface area contributed by atoms with Gasteiger partial charge in [-0.15, -0.1) is 0 Å². The van der Waals surface area contributed by atoms with Crippen molar-refractivity contribution in [3.63, 3.8) is 0 Å².